The van der Waals surface area contributed by atoms with Crippen LogP contribution in [0.4, 0.5) is 0 Å². The smallest absolute Gasteiger partial charge is 0.251 e. The predicted octanol–water partition coefficient (Wildman–Crippen LogP) is 2.01. The van der Waals surface area contributed by atoms with Crippen LogP contribution < -0.4 is 0 Å². The zero-order valence-electron chi connectivity index (χ0n) is 14.2. The van der Waals surface area contributed by atoms with Crippen molar-refractivity contribution in [3.05, 3.63) is 17.8 Å². The molecule has 6 nitrogen and oxygen atoms in total. The lowest BCUT2D eigenvalue weighted by atomic mass is 10.2. The number of hydrogen-bond donors (Lipinski definition) is 0. The summed E-state index contributed by atoms with van der Waals surface area (Å²) in [5.74, 6) is 1.28. The quantitative estimate of drug-likeness (QED) is 0.849. The van der Waals surface area contributed by atoms with Gasteiger partial charge in [-0.3, -0.25) is 9.69 Å². The molecule has 0 N–H and O–H groups in total. The standard InChI is InChI=1S/C17H27N3O3/c1-13(2)16-18-14(12-23-16)11-19-6-4-7-20(9-8-19)17(21)15-5-3-10-22-15/h12-13,15H,3-11H2,1-2H3/t15-/m1/s1. The number of amides is 1. The van der Waals surface area contributed by atoms with Crippen LogP contribution in [0, 0.1) is 0 Å². The normalized spacial score (nSPS) is 23.4. The van der Waals surface area contributed by atoms with Crippen molar-refractivity contribution < 1.29 is 13.9 Å². The molecule has 2 fully saturated rings. The average Bonchev–Trinajstić information content (AvgIpc) is 3.16. The third-order valence-corrected chi connectivity index (χ3v) is 4.55. The van der Waals surface area contributed by atoms with Gasteiger partial charge in [0.1, 0.15) is 12.4 Å². The van der Waals surface area contributed by atoms with Crippen molar-refractivity contribution in [1.29, 1.82) is 0 Å². The first-order chi connectivity index (χ1) is 11.1. The third kappa shape index (κ3) is 4.12. The molecule has 0 radical (unpaired) electrons. The lowest BCUT2D eigenvalue weighted by Gasteiger charge is -2.24. The Balaban J connectivity index is 1.52. The second-order valence-corrected chi connectivity index (χ2v) is 6.79. The summed E-state index contributed by atoms with van der Waals surface area (Å²) >= 11 is 0. The molecule has 6 heteroatoms. The van der Waals surface area contributed by atoms with Crippen LogP contribution in [-0.4, -0.2) is 59.6 Å². The lowest BCUT2D eigenvalue weighted by molar-refractivity contribution is -0.140. The van der Waals surface area contributed by atoms with E-state index in [1.54, 1.807) is 6.26 Å². The molecule has 0 unspecified atom stereocenters. The molecule has 23 heavy (non-hydrogen) atoms. The summed E-state index contributed by atoms with van der Waals surface area (Å²) in [5.41, 5.74) is 0.979. The van der Waals surface area contributed by atoms with Crippen LogP contribution in [0.25, 0.3) is 0 Å². The Morgan fingerprint density at radius 2 is 2.17 bits per heavy atom. The first kappa shape index (κ1) is 16.5. The first-order valence-electron chi connectivity index (χ1n) is 8.70. The van der Waals surface area contributed by atoms with E-state index in [2.05, 4.69) is 23.7 Å². The molecule has 1 aromatic rings. The van der Waals surface area contributed by atoms with Gasteiger partial charge in [-0.05, 0) is 19.3 Å². The predicted molar refractivity (Wildman–Crippen MR) is 86.0 cm³/mol. The fourth-order valence-electron chi connectivity index (χ4n) is 3.22. The molecule has 1 aromatic heterocycles. The Kier molecular flexibility index (Phi) is 5.33. The number of nitrogens with zero attached hydrogens (tertiary/aromatic N) is 3. The summed E-state index contributed by atoms with van der Waals surface area (Å²) in [4.78, 5) is 21.3. The van der Waals surface area contributed by atoms with Crippen LogP contribution in [0.2, 0.25) is 0 Å². The molecular formula is C17H27N3O3. The Morgan fingerprint density at radius 1 is 1.30 bits per heavy atom. The molecule has 1 amide bonds. The van der Waals surface area contributed by atoms with Crippen LogP contribution in [0.1, 0.15) is 50.6 Å². The average molecular weight is 321 g/mol. The van der Waals surface area contributed by atoms with E-state index in [0.29, 0.717) is 5.92 Å². The highest BCUT2D eigenvalue weighted by molar-refractivity contribution is 5.81. The molecule has 0 aliphatic carbocycles. The van der Waals surface area contributed by atoms with Crippen molar-refractivity contribution in [1.82, 2.24) is 14.8 Å². The van der Waals surface area contributed by atoms with Crippen molar-refractivity contribution in [3.63, 3.8) is 0 Å². The number of oxazole rings is 1. The van der Waals surface area contributed by atoms with Gasteiger partial charge in [0.2, 0.25) is 0 Å². The van der Waals surface area contributed by atoms with E-state index < -0.39 is 0 Å². The minimum atomic E-state index is -0.203. The molecule has 2 aliphatic rings. The molecule has 128 valence electrons. The Labute approximate surface area is 137 Å². The monoisotopic (exact) mass is 321 g/mol. The van der Waals surface area contributed by atoms with Gasteiger partial charge in [-0.15, -0.1) is 0 Å². The van der Waals surface area contributed by atoms with Crippen LogP contribution in [-0.2, 0) is 16.1 Å². The maximum Gasteiger partial charge on any atom is 0.251 e. The van der Waals surface area contributed by atoms with Gasteiger partial charge in [0.15, 0.2) is 5.89 Å². The summed E-state index contributed by atoms with van der Waals surface area (Å²) in [6.07, 6.45) is 4.42. The number of carbonyl (C=O) groups excluding carboxylic acids is 1. The van der Waals surface area contributed by atoms with E-state index >= 15 is 0 Å². The van der Waals surface area contributed by atoms with Gasteiger partial charge < -0.3 is 14.1 Å². The fourth-order valence-corrected chi connectivity index (χ4v) is 3.22. The number of rotatable bonds is 4. The number of hydrogen-bond acceptors (Lipinski definition) is 5. The summed E-state index contributed by atoms with van der Waals surface area (Å²) < 4.78 is 11.0. The third-order valence-electron chi connectivity index (χ3n) is 4.55. The molecule has 0 spiro atoms. The van der Waals surface area contributed by atoms with Crippen LogP contribution in [0.5, 0.6) is 0 Å². The van der Waals surface area contributed by atoms with Gasteiger partial charge in [0.05, 0.1) is 5.69 Å². The number of carbonyl (C=O) groups is 1. The van der Waals surface area contributed by atoms with Crippen molar-refractivity contribution in [2.75, 3.05) is 32.8 Å². The summed E-state index contributed by atoms with van der Waals surface area (Å²) in [7, 11) is 0. The van der Waals surface area contributed by atoms with Gasteiger partial charge >= 0.3 is 0 Å². The van der Waals surface area contributed by atoms with E-state index in [4.69, 9.17) is 9.15 Å². The SMILES string of the molecule is CC(C)c1nc(CN2CCCN(C(=O)[C@H]3CCCO3)CC2)co1. The fraction of sp³-hybridized carbons (Fsp3) is 0.765. The van der Waals surface area contributed by atoms with Crippen LogP contribution >= 0.6 is 0 Å². The number of aromatic nitrogens is 1. The molecule has 0 bridgehead atoms. The van der Waals surface area contributed by atoms with Gasteiger partial charge in [0.25, 0.3) is 5.91 Å². The van der Waals surface area contributed by atoms with Crippen molar-refractivity contribution in [2.45, 2.75) is 51.7 Å². The highest BCUT2D eigenvalue weighted by atomic mass is 16.5. The molecule has 0 aromatic carbocycles. The van der Waals surface area contributed by atoms with E-state index in [9.17, 15) is 4.79 Å². The topological polar surface area (TPSA) is 58.8 Å². The van der Waals surface area contributed by atoms with E-state index in [1.165, 1.54) is 0 Å². The molecule has 0 saturated carbocycles. The minimum absolute atomic E-state index is 0.174. The zero-order valence-corrected chi connectivity index (χ0v) is 14.2. The molecule has 3 rings (SSSR count). The van der Waals surface area contributed by atoms with Gasteiger partial charge in [-0.1, -0.05) is 13.8 Å². The van der Waals surface area contributed by atoms with Gasteiger partial charge in [-0.2, -0.15) is 0 Å². The molecule has 2 saturated heterocycles. The summed E-state index contributed by atoms with van der Waals surface area (Å²) in [6.45, 7) is 9.13. The first-order valence-corrected chi connectivity index (χ1v) is 8.70. The second-order valence-electron chi connectivity index (χ2n) is 6.79. The second kappa shape index (κ2) is 7.45. The molecule has 2 aliphatic heterocycles. The molecule has 3 heterocycles. The highest BCUT2D eigenvalue weighted by Gasteiger charge is 2.29. The molecule has 1 atom stereocenters. The van der Waals surface area contributed by atoms with Crippen molar-refractivity contribution in [2.24, 2.45) is 0 Å². The van der Waals surface area contributed by atoms with Crippen LogP contribution in [0.3, 0.4) is 0 Å². The maximum absolute atomic E-state index is 12.5. The lowest BCUT2D eigenvalue weighted by Crippen LogP contribution is -2.41. The van der Waals surface area contributed by atoms with Crippen molar-refractivity contribution in [3.8, 4) is 0 Å². The Morgan fingerprint density at radius 3 is 2.87 bits per heavy atom. The van der Waals surface area contributed by atoms with Crippen molar-refractivity contribution >= 4 is 5.91 Å². The van der Waals surface area contributed by atoms with E-state index in [1.807, 2.05) is 4.90 Å². The van der Waals surface area contributed by atoms with Crippen LogP contribution in [0.15, 0.2) is 10.7 Å². The van der Waals surface area contributed by atoms with Gasteiger partial charge in [-0.25, -0.2) is 4.98 Å². The number of ether oxygens (including phenoxy) is 1. The van der Waals surface area contributed by atoms with Gasteiger partial charge in [0, 0.05) is 45.2 Å². The molecular weight excluding hydrogens is 294 g/mol. The minimum Gasteiger partial charge on any atom is -0.448 e. The van der Waals surface area contributed by atoms with E-state index in [0.717, 1.165) is 70.2 Å². The summed E-state index contributed by atoms with van der Waals surface area (Å²) in [6, 6.07) is 0. The Bertz CT molecular complexity index is 523. The van der Waals surface area contributed by atoms with E-state index in [-0.39, 0.29) is 12.0 Å². The Hall–Kier alpha value is -1.40. The summed E-state index contributed by atoms with van der Waals surface area (Å²) in [5, 5.41) is 0. The maximum atomic E-state index is 12.5. The highest BCUT2D eigenvalue weighted by Crippen LogP contribution is 2.18. The largest absolute Gasteiger partial charge is 0.448 e. The zero-order chi connectivity index (χ0) is 16.2.